The van der Waals surface area contributed by atoms with Crippen molar-refractivity contribution in [2.24, 2.45) is 0 Å². The third-order valence-electron chi connectivity index (χ3n) is 3.87. The quantitative estimate of drug-likeness (QED) is 0.342. The van der Waals surface area contributed by atoms with Gasteiger partial charge in [-0.2, -0.15) is 0 Å². The normalized spacial score (nSPS) is 10.6. The van der Waals surface area contributed by atoms with E-state index in [2.05, 4.69) is 0 Å². The Morgan fingerprint density at radius 2 is 1.76 bits per heavy atom. The predicted octanol–water partition coefficient (Wildman–Crippen LogP) is 4.07. The van der Waals surface area contributed by atoms with E-state index < -0.39 is 17.5 Å². The second-order valence-electron chi connectivity index (χ2n) is 6.00. The minimum Gasteiger partial charge on any atom is -0.454 e. The van der Waals surface area contributed by atoms with Gasteiger partial charge in [0.25, 0.3) is 5.69 Å². The highest BCUT2D eigenvalue weighted by molar-refractivity contribution is 6.00. The van der Waals surface area contributed by atoms with Gasteiger partial charge in [0.2, 0.25) is 0 Å². The largest absolute Gasteiger partial charge is 0.454 e. The molecule has 2 aromatic rings. The molecule has 0 radical (unpaired) electrons. The summed E-state index contributed by atoms with van der Waals surface area (Å²) in [6, 6.07) is 11.5. The van der Waals surface area contributed by atoms with E-state index in [9.17, 15) is 19.7 Å². The summed E-state index contributed by atoms with van der Waals surface area (Å²) in [6.45, 7) is 5.17. The van der Waals surface area contributed by atoms with Crippen molar-refractivity contribution in [1.29, 1.82) is 0 Å². The number of carbonyl (C=O) groups excluding carboxylic acids is 2. The number of hydrogen-bond donors (Lipinski definition) is 0. The van der Waals surface area contributed by atoms with Crippen LogP contribution >= 0.6 is 0 Å². The standard InChI is InChI=1S/C19H19NO5/c1-12(2)14-7-9-15(10-8-14)17(21)11-25-19(22)16-6-4-5-13(3)18(16)20(23)24/h4-10,12H,11H2,1-3H3. The van der Waals surface area contributed by atoms with E-state index in [1.165, 1.54) is 25.1 Å². The van der Waals surface area contributed by atoms with Crippen LogP contribution < -0.4 is 0 Å². The molecule has 0 aliphatic carbocycles. The monoisotopic (exact) mass is 341 g/mol. The number of carbonyl (C=O) groups is 2. The lowest BCUT2D eigenvalue weighted by molar-refractivity contribution is -0.385. The van der Waals surface area contributed by atoms with E-state index >= 15 is 0 Å². The molecule has 0 fully saturated rings. The zero-order valence-corrected chi connectivity index (χ0v) is 14.3. The Morgan fingerprint density at radius 3 is 2.32 bits per heavy atom. The van der Waals surface area contributed by atoms with Crippen LogP contribution in [0, 0.1) is 17.0 Å². The number of aryl methyl sites for hydroxylation is 1. The summed E-state index contributed by atoms with van der Waals surface area (Å²) in [7, 11) is 0. The van der Waals surface area contributed by atoms with E-state index in [0.717, 1.165) is 5.56 Å². The van der Waals surface area contributed by atoms with Crippen LogP contribution in [0.25, 0.3) is 0 Å². The molecular weight excluding hydrogens is 322 g/mol. The summed E-state index contributed by atoms with van der Waals surface area (Å²) in [5.74, 6) is -0.898. The molecule has 0 unspecified atom stereocenters. The molecular formula is C19H19NO5. The van der Waals surface area contributed by atoms with Gasteiger partial charge in [0, 0.05) is 11.1 Å². The van der Waals surface area contributed by atoms with Crippen LogP contribution in [0.4, 0.5) is 5.69 Å². The molecule has 2 rings (SSSR count). The maximum absolute atomic E-state index is 12.1. The van der Waals surface area contributed by atoms with Gasteiger partial charge < -0.3 is 4.74 Å². The molecule has 0 heterocycles. The van der Waals surface area contributed by atoms with Crippen molar-refractivity contribution in [3.05, 3.63) is 74.8 Å². The topological polar surface area (TPSA) is 86.5 Å². The van der Waals surface area contributed by atoms with Gasteiger partial charge in [0.05, 0.1) is 4.92 Å². The first-order valence-corrected chi connectivity index (χ1v) is 7.85. The molecule has 0 atom stereocenters. The highest BCUT2D eigenvalue weighted by Gasteiger charge is 2.24. The number of rotatable bonds is 6. The fourth-order valence-electron chi connectivity index (χ4n) is 2.41. The lowest BCUT2D eigenvalue weighted by atomic mass is 10.0. The number of nitro benzene ring substituents is 1. The van der Waals surface area contributed by atoms with Crippen LogP contribution in [0.1, 0.15) is 51.6 Å². The summed E-state index contributed by atoms with van der Waals surface area (Å²) in [4.78, 5) is 34.8. The first kappa shape index (κ1) is 18.3. The van der Waals surface area contributed by atoms with Gasteiger partial charge in [-0.25, -0.2) is 4.79 Å². The third kappa shape index (κ3) is 4.29. The molecule has 130 valence electrons. The highest BCUT2D eigenvalue weighted by Crippen LogP contribution is 2.23. The Bertz CT molecular complexity index is 809. The van der Waals surface area contributed by atoms with Crippen LogP contribution in [0.15, 0.2) is 42.5 Å². The maximum atomic E-state index is 12.1. The molecule has 0 N–H and O–H groups in total. The zero-order valence-electron chi connectivity index (χ0n) is 14.3. The van der Waals surface area contributed by atoms with Crippen molar-refractivity contribution in [2.75, 3.05) is 6.61 Å². The van der Waals surface area contributed by atoms with Crippen LogP contribution in [-0.2, 0) is 4.74 Å². The molecule has 0 saturated carbocycles. The second-order valence-corrected chi connectivity index (χ2v) is 6.00. The molecule has 25 heavy (non-hydrogen) atoms. The van der Waals surface area contributed by atoms with E-state index in [0.29, 0.717) is 17.0 Å². The Labute approximate surface area is 145 Å². The van der Waals surface area contributed by atoms with E-state index in [1.54, 1.807) is 12.1 Å². The lowest BCUT2D eigenvalue weighted by Crippen LogP contribution is -2.15. The van der Waals surface area contributed by atoms with Gasteiger partial charge in [0.15, 0.2) is 12.4 Å². The number of hydrogen-bond acceptors (Lipinski definition) is 5. The lowest BCUT2D eigenvalue weighted by Gasteiger charge is -2.08. The molecule has 2 aromatic carbocycles. The van der Waals surface area contributed by atoms with E-state index in [1.807, 2.05) is 26.0 Å². The minimum absolute atomic E-state index is 0.159. The average molecular weight is 341 g/mol. The van der Waals surface area contributed by atoms with Crippen molar-refractivity contribution >= 4 is 17.4 Å². The van der Waals surface area contributed by atoms with Crippen molar-refractivity contribution in [3.8, 4) is 0 Å². The fraction of sp³-hybridized carbons (Fsp3) is 0.263. The number of benzene rings is 2. The van der Waals surface area contributed by atoms with Crippen molar-refractivity contribution < 1.29 is 19.2 Å². The predicted molar refractivity (Wildman–Crippen MR) is 93.0 cm³/mol. The van der Waals surface area contributed by atoms with Crippen LogP contribution in [0.5, 0.6) is 0 Å². The molecule has 0 aliphatic rings. The first-order valence-electron chi connectivity index (χ1n) is 7.85. The van der Waals surface area contributed by atoms with Gasteiger partial charge in [-0.3, -0.25) is 14.9 Å². The smallest absolute Gasteiger partial charge is 0.345 e. The summed E-state index contributed by atoms with van der Waals surface area (Å²) >= 11 is 0. The number of ether oxygens (including phenoxy) is 1. The Kier molecular flexibility index (Phi) is 5.64. The fourth-order valence-corrected chi connectivity index (χ4v) is 2.41. The zero-order chi connectivity index (χ0) is 18.6. The Balaban J connectivity index is 2.08. The van der Waals surface area contributed by atoms with Crippen LogP contribution in [-0.4, -0.2) is 23.3 Å². The summed E-state index contributed by atoms with van der Waals surface area (Å²) in [6.07, 6.45) is 0. The number of nitro groups is 1. The summed E-state index contributed by atoms with van der Waals surface area (Å²) < 4.78 is 4.97. The number of nitrogens with zero attached hydrogens (tertiary/aromatic N) is 1. The van der Waals surface area contributed by atoms with Gasteiger partial charge >= 0.3 is 5.97 Å². The molecule has 0 amide bonds. The number of ketones is 1. The number of esters is 1. The Hall–Kier alpha value is -3.02. The van der Waals surface area contributed by atoms with Gasteiger partial charge in [-0.1, -0.05) is 50.2 Å². The average Bonchev–Trinajstić information content (AvgIpc) is 2.58. The molecule has 6 nitrogen and oxygen atoms in total. The third-order valence-corrected chi connectivity index (χ3v) is 3.87. The van der Waals surface area contributed by atoms with Crippen molar-refractivity contribution in [2.45, 2.75) is 26.7 Å². The molecule has 0 aliphatic heterocycles. The van der Waals surface area contributed by atoms with Gasteiger partial charge in [0.1, 0.15) is 5.56 Å². The van der Waals surface area contributed by atoms with E-state index in [4.69, 9.17) is 4.74 Å². The summed E-state index contributed by atoms with van der Waals surface area (Å²) in [5, 5.41) is 11.1. The maximum Gasteiger partial charge on any atom is 0.345 e. The van der Waals surface area contributed by atoms with Gasteiger partial charge in [-0.15, -0.1) is 0 Å². The minimum atomic E-state index is -0.887. The molecule has 0 bridgehead atoms. The Morgan fingerprint density at radius 1 is 1.12 bits per heavy atom. The van der Waals surface area contributed by atoms with E-state index in [-0.39, 0.29) is 17.0 Å². The second kappa shape index (κ2) is 7.70. The number of Topliss-reactive ketones (excluding diaryl/α,β-unsaturated/α-hetero) is 1. The SMILES string of the molecule is Cc1cccc(C(=O)OCC(=O)c2ccc(C(C)C)cc2)c1[N+](=O)[O-]. The van der Waals surface area contributed by atoms with Crippen molar-refractivity contribution in [3.63, 3.8) is 0 Å². The first-order chi connectivity index (χ1) is 11.8. The molecule has 0 aromatic heterocycles. The van der Waals surface area contributed by atoms with Crippen LogP contribution in [0.2, 0.25) is 0 Å². The molecule has 6 heteroatoms. The van der Waals surface area contributed by atoms with Crippen molar-refractivity contribution in [1.82, 2.24) is 0 Å². The molecule has 0 spiro atoms. The van der Waals surface area contributed by atoms with Crippen LogP contribution in [0.3, 0.4) is 0 Å². The number of para-hydroxylation sites is 1. The van der Waals surface area contributed by atoms with Gasteiger partial charge in [-0.05, 0) is 24.5 Å². The summed E-state index contributed by atoms with van der Waals surface area (Å²) in [5.41, 5.74) is 1.42. The highest BCUT2D eigenvalue weighted by atomic mass is 16.6. The molecule has 0 saturated heterocycles.